The lowest BCUT2D eigenvalue weighted by Gasteiger charge is -2.26. The highest BCUT2D eigenvalue weighted by molar-refractivity contribution is 14.1. The maximum atomic E-state index is 5.74. The largest absolute Gasteiger partial charge is 0.494 e. The number of likely N-dealkylation sites (tertiary alicyclic amines) is 1. The molecule has 1 aromatic carbocycles. The monoisotopic (exact) mass is 373 g/mol. The Hall–Kier alpha value is -0.290. The summed E-state index contributed by atoms with van der Waals surface area (Å²) in [4.78, 5) is 2.61. The molecule has 0 saturated carbocycles. The Bertz CT molecular complexity index is 346. The fourth-order valence-corrected chi connectivity index (χ4v) is 2.88. The van der Waals surface area contributed by atoms with Gasteiger partial charge in [0.1, 0.15) is 5.75 Å². The van der Waals surface area contributed by atoms with Crippen LogP contribution in [0.15, 0.2) is 24.3 Å². The molecule has 106 valence electrons. The Balaban J connectivity index is 1.49. The average Bonchev–Trinajstić information content (AvgIpc) is 2.46. The van der Waals surface area contributed by atoms with Gasteiger partial charge < -0.3 is 9.64 Å². The number of benzene rings is 1. The van der Waals surface area contributed by atoms with Crippen LogP contribution in [0.2, 0.25) is 0 Å². The predicted molar refractivity (Wildman–Crippen MR) is 88.8 cm³/mol. The molecule has 1 aliphatic rings. The van der Waals surface area contributed by atoms with E-state index >= 15 is 0 Å². The van der Waals surface area contributed by atoms with Crippen molar-refractivity contribution in [1.82, 2.24) is 4.90 Å². The van der Waals surface area contributed by atoms with Crippen LogP contribution in [-0.4, -0.2) is 31.1 Å². The van der Waals surface area contributed by atoms with E-state index in [0.29, 0.717) is 0 Å². The van der Waals surface area contributed by atoms with E-state index < -0.39 is 0 Å². The molecule has 1 heterocycles. The van der Waals surface area contributed by atoms with Crippen molar-refractivity contribution in [2.75, 3.05) is 26.2 Å². The Kier molecular flexibility index (Phi) is 6.99. The zero-order valence-electron chi connectivity index (χ0n) is 11.6. The molecule has 3 heteroatoms. The zero-order chi connectivity index (χ0) is 13.3. The van der Waals surface area contributed by atoms with Crippen molar-refractivity contribution < 1.29 is 4.74 Å². The van der Waals surface area contributed by atoms with E-state index in [0.717, 1.165) is 12.4 Å². The summed E-state index contributed by atoms with van der Waals surface area (Å²) in [6.45, 7) is 4.77. The summed E-state index contributed by atoms with van der Waals surface area (Å²) >= 11 is 2.31. The molecule has 0 aliphatic carbocycles. The molecule has 0 amide bonds. The normalized spacial score (nSPS) is 16.5. The summed E-state index contributed by atoms with van der Waals surface area (Å²) in [5, 5.41) is 0. The lowest BCUT2D eigenvalue weighted by atomic mass is 10.1. The van der Waals surface area contributed by atoms with Crippen LogP contribution in [0.5, 0.6) is 5.75 Å². The Morgan fingerprint density at radius 1 is 0.947 bits per heavy atom. The highest BCUT2D eigenvalue weighted by atomic mass is 127. The number of halogens is 1. The van der Waals surface area contributed by atoms with Gasteiger partial charge in [-0.25, -0.2) is 0 Å². The number of rotatable bonds is 7. The van der Waals surface area contributed by atoms with E-state index in [4.69, 9.17) is 4.74 Å². The molecule has 2 nitrogen and oxygen atoms in total. The summed E-state index contributed by atoms with van der Waals surface area (Å²) < 4.78 is 6.99. The molecule has 0 radical (unpaired) electrons. The van der Waals surface area contributed by atoms with E-state index in [1.807, 2.05) is 0 Å². The van der Waals surface area contributed by atoms with Crippen LogP contribution in [0.3, 0.4) is 0 Å². The highest BCUT2D eigenvalue weighted by Gasteiger charge is 2.08. The fraction of sp³-hybridized carbons (Fsp3) is 0.625. The summed E-state index contributed by atoms with van der Waals surface area (Å²) in [5.74, 6) is 0.997. The van der Waals surface area contributed by atoms with Gasteiger partial charge in [0.2, 0.25) is 0 Å². The molecule has 0 aromatic heterocycles. The molecule has 0 N–H and O–H groups in total. The molecule has 1 aliphatic heterocycles. The fourth-order valence-electron chi connectivity index (χ4n) is 2.52. The van der Waals surface area contributed by atoms with Gasteiger partial charge in [-0.2, -0.15) is 0 Å². The van der Waals surface area contributed by atoms with Crippen molar-refractivity contribution in [3.8, 4) is 5.75 Å². The standard InChI is InChI=1S/C16H24INO/c17-15-7-9-16(10-8-15)19-14-6-2-5-13-18-11-3-1-4-12-18/h7-10H,1-6,11-14H2. The van der Waals surface area contributed by atoms with E-state index in [1.165, 1.54) is 61.7 Å². The summed E-state index contributed by atoms with van der Waals surface area (Å²) in [6, 6.07) is 8.28. The van der Waals surface area contributed by atoms with E-state index in [1.54, 1.807) is 0 Å². The van der Waals surface area contributed by atoms with Gasteiger partial charge in [0.05, 0.1) is 6.61 Å². The molecule has 0 atom stereocenters. The molecule has 1 aromatic rings. The molecular weight excluding hydrogens is 349 g/mol. The summed E-state index contributed by atoms with van der Waals surface area (Å²) in [6.07, 6.45) is 7.99. The van der Waals surface area contributed by atoms with Crippen molar-refractivity contribution in [3.63, 3.8) is 0 Å². The quantitative estimate of drug-likeness (QED) is 0.521. The van der Waals surface area contributed by atoms with Crippen LogP contribution in [0.4, 0.5) is 0 Å². The number of hydrogen-bond donors (Lipinski definition) is 0. The first-order chi connectivity index (χ1) is 9.34. The van der Waals surface area contributed by atoms with Crippen molar-refractivity contribution in [1.29, 1.82) is 0 Å². The van der Waals surface area contributed by atoms with Crippen LogP contribution in [-0.2, 0) is 0 Å². The summed E-state index contributed by atoms with van der Waals surface area (Å²) in [7, 11) is 0. The van der Waals surface area contributed by atoms with Crippen molar-refractivity contribution in [2.24, 2.45) is 0 Å². The molecule has 1 fully saturated rings. The van der Waals surface area contributed by atoms with Crippen LogP contribution < -0.4 is 4.74 Å². The SMILES string of the molecule is Ic1ccc(OCCCCCN2CCCCC2)cc1. The topological polar surface area (TPSA) is 12.5 Å². The molecule has 19 heavy (non-hydrogen) atoms. The van der Waals surface area contributed by atoms with Gasteiger partial charge in [0, 0.05) is 3.57 Å². The number of piperidine rings is 1. The second-order valence-corrected chi connectivity index (χ2v) is 6.51. The predicted octanol–water partition coefficient (Wildman–Crippen LogP) is 4.33. The first-order valence-corrected chi connectivity index (χ1v) is 8.53. The molecular formula is C16H24INO. The first kappa shape index (κ1) is 15.1. The van der Waals surface area contributed by atoms with E-state index in [9.17, 15) is 0 Å². The van der Waals surface area contributed by atoms with Gasteiger partial charge in [-0.05, 0) is 98.6 Å². The van der Waals surface area contributed by atoms with Crippen LogP contribution in [0.1, 0.15) is 38.5 Å². The average molecular weight is 373 g/mol. The number of ether oxygens (including phenoxy) is 1. The number of nitrogens with zero attached hydrogens (tertiary/aromatic N) is 1. The third-order valence-electron chi connectivity index (χ3n) is 3.65. The Morgan fingerprint density at radius 3 is 2.42 bits per heavy atom. The van der Waals surface area contributed by atoms with Crippen LogP contribution >= 0.6 is 22.6 Å². The lowest BCUT2D eigenvalue weighted by Crippen LogP contribution is -2.30. The summed E-state index contributed by atoms with van der Waals surface area (Å²) in [5.41, 5.74) is 0. The maximum absolute atomic E-state index is 5.74. The second kappa shape index (κ2) is 8.80. The highest BCUT2D eigenvalue weighted by Crippen LogP contribution is 2.14. The molecule has 0 unspecified atom stereocenters. The third kappa shape index (κ3) is 6.13. The van der Waals surface area contributed by atoms with Gasteiger partial charge in [0.15, 0.2) is 0 Å². The molecule has 1 saturated heterocycles. The maximum Gasteiger partial charge on any atom is 0.119 e. The molecule has 2 rings (SSSR count). The minimum absolute atomic E-state index is 0.848. The number of unbranched alkanes of at least 4 members (excludes halogenated alkanes) is 2. The van der Waals surface area contributed by atoms with Gasteiger partial charge in [0.25, 0.3) is 0 Å². The van der Waals surface area contributed by atoms with Crippen molar-refractivity contribution in [3.05, 3.63) is 27.8 Å². The van der Waals surface area contributed by atoms with Gasteiger partial charge >= 0.3 is 0 Å². The minimum atomic E-state index is 0.848. The van der Waals surface area contributed by atoms with Crippen molar-refractivity contribution in [2.45, 2.75) is 38.5 Å². The first-order valence-electron chi connectivity index (χ1n) is 7.45. The minimum Gasteiger partial charge on any atom is -0.494 e. The van der Waals surface area contributed by atoms with Gasteiger partial charge in [-0.1, -0.05) is 6.42 Å². The van der Waals surface area contributed by atoms with Gasteiger partial charge in [-0.3, -0.25) is 0 Å². The molecule has 0 bridgehead atoms. The lowest BCUT2D eigenvalue weighted by molar-refractivity contribution is 0.221. The number of hydrogen-bond acceptors (Lipinski definition) is 2. The third-order valence-corrected chi connectivity index (χ3v) is 4.37. The van der Waals surface area contributed by atoms with Crippen molar-refractivity contribution >= 4 is 22.6 Å². The van der Waals surface area contributed by atoms with Crippen LogP contribution in [0.25, 0.3) is 0 Å². The Morgan fingerprint density at radius 2 is 1.68 bits per heavy atom. The van der Waals surface area contributed by atoms with Crippen LogP contribution in [0, 0.1) is 3.57 Å². The molecule has 0 spiro atoms. The Labute approximate surface area is 130 Å². The van der Waals surface area contributed by atoms with E-state index in [-0.39, 0.29) is 0 Å². The van der Waals surface area contributed by atoms with E-state index in [2.05, 4.69) is 51.8 Å². The second-order valence-electron chi connectivity index (χ2n) is 5.27. The van der Waals surface area contributed by atoms with Gasteiger partial charge in [-0.15, -0.1) is 0 Å². The zero-order valence-corrected chi connectivity index (χ0v) is 13.8. The smallest absolute Gasteiger partial charge is 0.119 e.